The first-order valence-electron chi connectivity index (χ1n) is 6.02. The molecule has 4 nitrogen and oxygen atoms in total. The van der Waals surface area contributed by atoms with Crippen molar-refractivity contribution in [2.75, 3.05) is 27.2 Å². The minimum absolute atomic E-state index is 0.000692. The Labute approximate surface area is 98.3 Å². The number of hydrogen-bond donors (Lipinski definition) is 1. The number of hydrogen-bond acceptors (Lipinski definition) is 2. The van der Waals surface area contributed by atoms with Crippen LogP contribution in [-0.2, 0) is 0 Å². The van der Waals surface area contributed by atoms with E-state index in [1.54, 1.807) is 6.20 Å². The molecule has 0 unspecified atom stereocenters. The van der Waals surface area contributed by atoms with Crippen LogP contribution in [-0.4, -0.2) is 49.1 Å². The van der Waals surface area contributed by atoms with E-state index in [0.29, 0.717) is 6.04 Å². The van der Waals surface area contributed by atoms with Gasteiger partial charge in [0.15, 0.2) is 0 Å². The van der Waals surface area contributed by atoms with E-state index in [9.17, 15) is 4.79 Å². The third kappa shape index (κ3) is 3.85. The predicted molar refractivity (Wildman–Crippen MR) is 66.2 cm³/mol. The maximum Gasteiger partial charge on any atom is 0.321 e. The van der Waals surface area contributed by atoms with Crippen LogP contribution in [0.15, 0.2) is 12.3 Å². The number of amides is 2. The fourth-order valence-electron chi connectivity index (χ4n) is 1.90. The van der Waals surface area contributed by atoms with Crippen molar-refractivity contribution in [2.24, 2.45) is 0 Å². The molecule has 1 rings (SSSR count). The van der Waals surface area contributed by atoms with E-state index in [-0.39, 0.29) is 6.03 Å². The van der Waals surface area contributed by atoms with Gasteiger partial charge in [-0.15, -0.1) is 0 Å². The highest BCUT2D eigenvalue weighted by Gasteiger charge is 2.23. The van der Waals surface area contributed by atoms with Crippen molar-refractivity contribution in [1.82, 2.24) is 15.1 Å². The quantitative estimate of drug-likeness (QED) is 0.792. The van der Waals surface area contributed by atoms with Gasteiger partial charge < -0.3 is 15.1 Å². The van der Waals surface area contributed by atoms with Crippen LogP contribution < -0.4 is 5.32 Å². The monoisotopic (exact) mass is 225 g/mol. The second-order valence-electron chi connectivity index (χ2n) is 4.41. The van der Waals surface area contributed by atoms with Crippen LogP contribution in [0.3, 0.4) is 0 Å². The minimum atomic E-state index is -0.000692. The van der Waals surface area contributed by atoms with Crippen molar-refractivity contribution in [3.8, 4) is 0 Å². The van der Waals surface area contributed by atoms with Crippen LogP contribution >= 0.6 is 0 Å². The third-order valence-corrected chi connectivity index (χ3v) is 3.12. The number of nitrogens with zero attached hydrogens (tertiary/aromatic N) is 2. The lowest BCUT2D eigenvalue weighted by Crippen LogP contribution is -2.47. The molecule has 2 amide bonds. The summed E-state index contributed by atoms with van der Waals surface area (Å²) in [5, 5.41) is 2.78. The van der Waals surface area contributed by atoms with Gasteiger partial charge in [-0.3, -0.25) is 0 Å². The summed E-state index contributed by atoms with van der Waals surface area (Å²) in [4.78, 5) is 15.9. The van der Waals surface area contributed by atoms with Crippen LogP contribution in [0.2, 0.25) is 0 Å². The normalized spacial score (nSPS) is 18.9. The summed E-state index contributed by atoms with van der Waals surface area (Å²) in [7, 11) is 4.01. The van der Waals surface area contributed by atoms with E-state index in [1.165, 1.54) is 0 Å². The smallest absolute Gasteiger partial charge is 0.321 e. The molecule has 92 valence electrons. The molecule has 1 aliphatic heterocycles. The first-order valence-corrected chi connectivity index (χ1v) is 6.02. The van der Waals surface area contributed by atoms with Crippen molar-refractivity contribution in [3.05, 3.63) is 12.3 Å². The van der Waals surface area contributed by atoms with E-state index in [0.717, 1.165) is 32.4 Å². The molecule has 0 aliphatic carbocycles. The standard InChI is InChI=1S/C12H23N3O/c1-4-5-8-13-12(16)15(3)11-6-9-14(2)10-7-11/h5,8,11H,4,6-7,9-10H2,1-3H3,(H,13,16)/b8-5+. The summed E-state index contributed by atoms with van der Waals surface area (Å²) in [5.41, 5.74) is 0. The number of urea groups is 1. The Bertz CT molecular complexity index is 245. The van der Waals surface area contributed by atoms with Gasteiger partial charge in [0.2, 0.25) is 0 Å². The average Bonchev–Trinajstić information content (AvgIpc) is 2.29. The van der Waals surface area contributed by atoms with Crippen LogP contribution in [0, 0.1) is 0 Å². The van der Waals surface area contributed by atoms with Crippen LogP contribution in [0.5, 0.6) is 0 Å². The lowest BCUT2D eigenvalue weighted by atomic mass is 10.0. The number of nitrogens with one attached hydrogen (secondary N) is 1. The largest absolute Gasteiger partial charge is 0.325 e. The Morgan fingerprint density at radius 1 is 1.50 bits per heavy atom. The predicted octanol–water partition coefficient (Wildman–Crippen LogP) is 1.65. The fourth-order valence-corrected chi connectivity index (χ4v) is 1.90. The molecular weight excluding hydrogens is 202 g/mol. The third-order valence-electron chi connectivity index (χ3n) is 3.12. The van der Waals surface area contributed by atoms with Crippen molar-refractivity contribution < 1.29 is 4.79 Å². The molecule has 16 heavy (non-hydrogen) atoms. The second-order valence-corrected chi connectivity index (χ2v) is 4.41. The number of carbonyl (C=O) groups is 1. The van der Waals surface area contributed by atoms with Gasteiger partial charge in [0, 0.05) is 19.3 Å². The first kappa shape index (κ1) is 13.0. The molecule has 1 fully saturated rings. The Balaban J connectivity index is 2.35. The zero-order valence-corrected chi connectivity index (χ0v) is 10.6. The van der Waals surface area contributed by atoms with Gasteiger partial charge in [0.1, 0.15) is 0 Å². The number of carbonyl (C=O) groups excluding carboxylic acids is 1. The zero-order valence-electron chi connectivity index (χ0n) is 10.6. The highest BCUT2D eigenvalue weighted by Crippen LogP contribution is 2.13. The molecule has 1 saturated heterocycles. The number of rotatable bonds is 3. The molecular formula is C12H23N3O. The van der Waals surface area contributed by atoms with E-state index >= 15 is 0 Å². The number of allylic oxidation sites excluding steroid dienone is 1. The van der Waals surface area contributed by atoms with Crippen LogP contribution in [0.1, 0.15) is 26.2 Å². The molecule has 1 heterocycles. The number of likely N-dealkylation sites (tertiary alicyclic amines) is 1. The summed E-state index contributed by atoms with van der Waals surface area (Å²) >= 11 is 0. The Kier molecular flexibility index (Phi) is 5.32. The van der Waals surface area contributed by atoms with Crippen LogP contribution in [0.25, 0.3) is 0 Å². The van der Waals surface area contributed by atoms with Gasteiger partial charge in [0.05, 0.1) is 0 Å². The molecule has 0 aromatic rings. The SMILES string of the molecule is CC/C=C/NC(=O)N(C)C1CCN(C)CC1. The van der Waals surface area contributed by atoms with Gasteiger partial charge in [0.25, 0.3) is 0 Å². The summed E-state index contributed by atoms with van der Waals surface area (Å²) in [6, 6.07) is 0.380. The molecule has 0 radical (unpaired) electrons. The molecule has 0 bridgehead atoms. The topological polar surface area (TPSA) is 35.6 Å². The average molecular weight is 225 g/mol. The molecule has 0 atom stereocenters. The Morgan fingerprint density at radius 2 is 2.12 bits per heavy atom. The maximum absolute atomic E-state index is 11.7. The van der Waals surface area contributed by atoms with Crippen molar-refractivity contribution in [2.45, 2.75) is 32.2 Å². The summed E-state index contributed by atoms with van der Waals surface area (Å²) < 4.78 is 0. The highest BCUT2D eigenvalue weighted by atomic mass is 16.2. The van der Waals surface area contributed by atoms with Crippen molar-refractivity contribution in [3.63, 3.8) is 0 Å². The van der Waals surface area contributed by atoms with E-state index in [1.807, 2.05) is 24.9 Å². The summed E-state index contributed by atoms with van der Waals surface area (Å²) in [6.45, 7) is 4.20. The van der Waals surface area contributed by atoms with E-state index < -0.39 is 0 Å². The molecule has 1 aliphatic rings. The summed E-state index contributed by atoms with van der Waals surface area (Å²) in [6.07, 6.45) is 6.75. The highest BCUT2D eigenvalue weighted by molar-refractivity contribution is 5.75. The van der Waals surface area contributed by atoms with Gasteiger partial charge >= 0.3 is 6.03 Å². The lowest BCUT2D eigenvalue weighted by Gasteiger charge is -2.34. The fraction of sp³-hybridized carbons (Fsp3) is 0.750. The van der Waals surface area contributed by atoms with Gasteiger partial charge in [-0.05, 0) is 39.4 Å². The van der Waals surface area contributed by atoms with Crippen molar-refractivity contribution in [1.29, 1.82) is 0 Å². The van der Waals surface area contributed by atoms with Gasteiger partial charge in [-0.25, -0.2) is 4.79 Å². The summed E-state index contributed by atoms with van der Waals surface area (Å²) in [5.74, 6) is 0. The molecule has 0 saturated carbocycles. The van der Waals surface area contributed by atoms with E-state index in [2.05, 4.69) is 17.3 Å². The lowest BCUT2D eigenvalue weighted by molar-refractivity contribution is 0.150. The second kappa shape index (κ2) is 6.53. The molecule has 0 spiro atoms. The molecule has 1 N–H and O–H groups in total. The molecule has 0 aromatic carbocycles. The molecule has 0 aromatic heterocycles. The van der Waals surface area contributed by atoms with Crippen molar-refractivity contribution >= 4 is 6.03 Å². The number of piperidine rings is 1. The minimum Gasteiger partial charge on any atom is -0.325 e. The Hall–Kier alpha value is -1.03. The van der Waals surface area contributed by atoms with Gasteiger partial charge in [-0.1, -0.05) is 13.0 Å². The maximum atomic E-state index is 11.7. The first-order chi connectivity index (χ1) is 7.65. The van der Waals surface area contributed by atoms with Gasteiger partial charge in [-0.2, -0.15) is 0 Å². The molecule has 4 heteroatoms. The van der Waals surface area contributed by atoms with Crippen LogP contribution in [0.4, 0.5) is 4.79 Å². The Morgan fingerprint density at radius 3 is 2.69 bits per heavy atom. The zero-order chi connectivity index (χ0) is 12.0. The van der Waals surface area contributed by atoms with E-state index in [4.69, 9.17) is 0 Å².